The standard InChI is InChI=1S/C21H22FN5O3S/c1-15-4-3-9-27(12-15)31(29,30)18-7-8-20(23-11-18)26-13-19(24-14-26)21(28)25-17-6-2-5-16(22)10-17/h2,5-8,10-11,13-15H,3-4,9,12H2,1H3,(H,25,28)/t15-/m1/s1. The van der Waals surface area contributed by atoms with Crippen LogP contribution >= 0.6 is 0 Å². The molecule has 2 aromatic heterocycles. The number of hydrogen-bond donors (Lipinski definition) is 1. The van der Waals surface area contributed by atoms with E-state index >= 15 is 0 Å². The van der Waals surface area contributed by atoms with Gasteiger partial charge < -0.3 is 5.32 Å². The van der Waals surface area contributed by atoms with Crippen molar-refractivity contribution < 1.29 is 17.6 Å². The highest BCUT2D eigenvalue weighted by Crippen LogP contribution is 2.23. The summed E-state index contributed by atoms with van der Waals surface area (Å²) in [7, 11) is -3.59. The Hall–Kier alpha value is -3.11. The molecule has 0 unspecified atom stereocenters. The average Bonchev–Trinajstić information content (AvgIpc) is 3.24. The van der Waals surface area contributed by atoms with E-state index in [9.17, 15) is 17.6 Å². The molecule has 0 radical (unpaired) electrons. The number of benzene rings is 1. The number of nitrogens with one attached hydrogen (secondary N) is 1. The lowest BCUT2D eigenvalue weighted by atomic mass is 10.0. The summed E-state index contributed by atoms with van der Waals surface area (Å²) >= 11 is 0. The molecule has 1 aromatic carbocycles. The second kappa shape index (κ2) is 8.56. The van der Waals surface area contributed by atoms with Crippen molar-refractivity contribution in [2.24, 2.45) is 5.92 Å². The largest absolute Gasteiger partial charge is 0.321 e. The fraction of sp³-hybridized carbons (Fsp3) is 0.286. The SMILES string of the molecule is C[C@@H]1CCCN(S(=O)(=O)c2ccc(-n3cnc(C(=O)Nc4cccc(F)c4)c3)nc2)C1. The lowest BCUT2D eigenvalue weighted by molar-refractivity contribution is 0.102. The van der Waals surface area contributed by atoms with E-state index in [2.05, 4.69) is 15.3 Å². The van der Waals surface area contributed by atoms with Crippen LogP contribution in [0.4, 0.5) is 10.1 Å². The molecule has 0 bridgehead atoms. The van der Waals surface area contributed by atoms with Gasteiger partial charge in [-0.15, -0.1) is 0 Å². The third-order valence-electron chi connectivity index (χ3n) is 5.14. The Kier molecular flexibility index (Phi) is 5.84. The number of piperidine rings is 1. The van der Waals surface area contributed by atoms with Gasteiger partial charge in [-0.3, -0.25) is 9.36 Å². The van der Waals surface area contributed by atoms with Gasteiger partial charge in [-0.25, -0.2) is 22.8 Å². The maximum Gasteiger partial charge on any atom is 0.275 e. The van der Waals surface area contributed by atoms with Gasteiger partial charge in [-0.05, 0) is 49.1 Å². The van der Waals surface area contributed by atoms with Crippen molar-refractivity contribution >= 4 is 21.6 Å². The molecule has 0 aliphatic carbocycles. The summed E-state index contributed by atoms with van der Waals surface area (Å²) in [6.07, 6.45) is 6.07. The number of pyridine rings is 1. The summed E-state index contributed by atoms with van der Waals surface area (Å²) in [5.74, 6) is -0.203. The highest BCUT2D eigenvalue weighted by molar-refractivity contribution is 7.89. The normalized spacial score (nSPS) is 17.4. The third kappa shape index (κ3) is 4.64. The van der Waals surface area contributed by atoms with Gasteiger partial charge in [-0.1, -0.05) is 13.0 Å². The predicted octanol–water partition coefficient (Wildman–Crippen LogP) is 3.08. The minimum absolute atomic E-state index is 0.116. The topological polar surface area (TPSA) is 97.2 Å². The molecule has 1 amide bonds. The minimum Gasteiger partial charge on any atom is -0.321 e. The Bertz CT molecular complexity index is 1190. The molecule has 0 saturated carbocycles. The van der Waals surface area contributed by atoms with E-state index in [1.807, 2.05) is 6.92 Å². The second-order valence-corrected chi connectivity index (χ2v) is 9.53. The van der Waals surface area contributed by atoms with Crippen molar-refractivity contribution in [3.05, 3.63) is 66.6 Å². The number of aromatic nitrogens is 3. The highest BCUT2D eigenvalue weighted by Gasteiger charge is 2.28. The molecule has 1 N–H and O–H groups in total. The lowest BCUT2D eigenvalue weighted by Gasteiger charge is -2.29. The summed E-state index contributed by atoms with van der Waals surface area (Å²) in [5, 5.41) is 2.57. The molecule has 3 heterocycles. The number of rotatable bonds is 5. The average molecular weight is 444 g/mol. The lowest BCUT2D eigenvalue weighted by Crippen LogP contribution is -2.39. The first kappa shape index (κ1) is 21.1. The zero-order valence-corrected chi connectivity index (χ0v) is 17.7. The van der Waals surface area contributed by atoms with Crippen LogP contribution in [0, 0.1) is 11.7 Å². The van der Waals surface area contributed by atoms with Gasteiger partial charge in [0.15, 0.2) is 0 Å². The molecule has 8 nitrogen and oxygen atoms in total. The Labute approximate surface area is 179 Å². The number of carbonyl (C=O) groups is 1. The summed E-state index contributed by atoms with van der Waals surface area (Å²) < 4.78 is 42.0. The number of anilines is 1. The van der Waals surface area contributed by atoms with E-state index in [-0.39, 0.29) is 10.6 Å². The Morgan fingerprint density at radius 3 is 2.77 bits per heavy atom. The molecular formula is C21H22FN5O3S. The maximum atomic E-state index is 13.3. The fourth-order valence-electron chi connectivity index (χ4n) is 3.52. The molecule has 1 atom stereocenters. The van der Waals surface area contributed by atoms with Crippen LogP contribution in [0.1, 0.15) is 30.3 Å². The van der Waals surface area contributed by atoms with Gasteiger partial charge in [0.2, 0.25) is 10.0 Å². The van der Waals surface area contributed by atoms with Gasteiger partial charge in [0, 0.05) is 31.2 Å². The van der Waals surface area contributed by atoms with Crippen LogP contribution in [-0.2, 0) is 10.0 Å². The van der Waals surface area contributed by atoms with Crippen molar-refractivity contribution in [1.82, 2.24) is 18.8 Å². The zero-order valence-electron chi connectivity index (χ0n) is 16.9. The maximum absolute atomic E-state index is 13.3. The summed E-state index contributed by atoms with van der Waals surface area (Å²) in [6, 6.07) is 8.62. The Morgan fingerprint density at radius 1 is 1.23 bits per heavy atom. The van der Waals surface area contributed by atoms with Crippen molar-refractivity contribution in [2.75, 3.05) is 18.4 Å². The molecule has 4 rings (SSSR count). The number of sulfonamides is 1. The molecule has 162 valence electrons. The van der Waals surface area contributed by atoms with Crippen LogP contribution in [0.2, 0.25) is 0 Å². The molecular weight excluding hydrogens is 421 g/mol. The summed E-state index contributed by atoms with van der Waals surface area (Å²) in [4.78, 5) is 20.8. The Balaban J connectivity index is 1.48. The third-order valence-corrected chi connectivity index (χ3v) is 6.99. The van der Waals surface area contributed by atoms with E-state index in [1.165, 1.54) is 51.9 Å². The quantitative estimate of drug-likeness (QED) is 0.654. The first-order valence-electron chi connectivity index (χ1n) is 9.90. The molecule has 1 saturated heterocycles. The molecule has 1 aliphatic rings. The van der Waals surface area contributed by atoms with Crippen LogP contribution in [-0.4, -0.2) is 46.3 Å². The van der Waals surface area contributed by atoms with Gasteiger partial charge in [-0.2, -0.15) is 4.31 Å². The predicted molar refractivity (Wildman–Crippen MR) is 113 cm³/mol. The van der Waals surface area contributed by atoms with Crippen LogP contribution in [0.25, 0.3) is 5.82 Å². The smallest absolute Gasteiger partial charge is 0.275 e. The van der Waals surface area contributed by atoms with Crippen LogP contribution in [0.5, 0.6) is 0 Å². The molecule has 3 aromatic rings. The van der Waals surface area contributed by atoms with Crippen LogP contribution < -0.4 is 5.32 Å². The van der Waals surface area contributed by atoms with Crippen molar-refractivity contribution in [1.29, 1.82) is 0 Å². The van der Waals surface area contributed by atoms with Gasteiger partial charge >= 0.3 is 0 Å². The minimum atomic E-state index is -3.59. The molecule has 1 aliphatic heterocycles. The number of hydrogen-bond acceptors (Lipinski definition) is 5. The first-order valence-corrected chi connectivity index (χ1v) is 11.3. The number of nitrogens with zero attached hydrogens (tertiary/aromatic N) is 4. The molecule has 31 heavy (non-hydrogen) atoms. The molecule has 1 fully saturated rings. The van der Waals surface area contributed by atoms with Gasteiger partial charge in [0.1, 0.15) is 28.6 Å². The van der Waals surface area contributed by atoms with Crippen molar-refractivity contribution in [2.45, 2.75) is 24.7 Å². The summed E-state index contributed by atoms with van der Waals surface area (Å²) in [5.41, 5.74) is 0.435. The highest BCUT2D eigenvalue weighted by atomic mass is 32.2. The zero-order chi connectivity index (χ0) is 22.0. The van der Waals surface area contributed by atoms with Crippen LogP contribution in [0.15, 0.2) is 60.0 Å². The summed E-state index contributed by atoms with van der Waals surface area (Å²) in [6.45, 7) is 3.07. The number of carbonyl (C=O) groups excluding carboxylic acids is 1. The van der Waals surface area contributed by atoms with E-state index < -0.39 is 21.7 Å². The number of imidazole rings is 1. The first-order chi connectivity index (χ1) is 14.8. The Morgan fingerprint density at radius 2 is 2.06 bits per heavy atom. The van der Waals surface area contributed by atoms with Gasteiger partial charge in [0.25, 0.3) is 5.91 Å². The number of amides is 1. The fourth-order valence-corrected chi connectivity index (χ4v) is 5.06. The van der Waals surface area contributed by atoms with Crippen molar-refractivity contribution in [3.8, 4) is 5.82 Å². The monoisotopic (exact) mass is 443 g/mol. The molecule has 10 heteroatoms. The van der Waals surface area contributed by atoms with E-state index in [0.717, 1.165) is 12.8 Å². The van der Waals surface area contributed by atoms with Gasteiger partial charge in [0.05, 0.1) is 0 Å². The number of halogens is 1. The van der Waals surface area contributed by atoms with Crippen molar-refractivity contribution in [3.63, 3.8) is 0 Å². The van der Waals surface area contributed by atoms with E-state index in [4.69, 9.17) is 0 Å². The second-order valence-electron chi connectivity index (χ2n) is 7.59. The van der Waals surface area contributed by atoms with E-state index in [1.54, 1.807) is 12.1 Å². The molecule has 0 spiro atoms. The van der Waals surface area contributed by atoms with E-state index in [0.29, 0.717) is 30.5 Å². The van der Waals surface area contributed by atoms with Crippen LogP contribution in [0.3, 0.4) is 0 Å².